The van der Waals surface area contributed by atoms with Crippen molar-refractivity contribution in [1.29, 1.82) is 0 Å². The Morgan fingerprint density at radius 1 is 1.10 bits per heavy atom. The predicted molar refractivity (Wildman–Crippen MR) is 80.1 cm³/mol. The van der Waals surface area contributed by atoms with Crippen molar-refractivity contribution in [2.24, 2.45) is 11.7 Å². The first-order chi connectivity index (χ1) is 9.50. The predicted octanol–water partition coefficient (Wildman–Crippen LogP) is 1.31. The van der Waals surface area contributed by atoms with Gasteiger partial charge in [0.25, 0.3) is 0 Å². The zero-order valence-electron chi connectivity index (χ0n) is 12.8. The number of amides is 2. The Hall–Kier alpha value is -1.10. The minimum absolute atomic E-state index is 0.0394. The van der Waals surface area contributed by atoms with E-state index in [4.69, 9.17) is 5.73 Å². The summed E-state index contributed by atoms with van der Waals surface area (Å²) in [5.74, 6) is -0.358. The smallest absolute Gasteiger partial charge is 0.234 e. The van der Waals surface area contributed by atoms with Gasteiger partial charge in [-0.15, -0.1) is 0 Å². The van der Waals surface area contributed by atoms with Crippen LogP contribution in [0, 0.1) is 5.92 Å². The number of rotatable bonds is 6. The number of hydrogen-bond donors (Lipinski definition) is 3. The molecule has 1 fully saturated rings. The molecule has 0 aromatic carbocycles. The van der Waals surface area contributed by atoms with Gasteiger partial charge < -0.3 is 11.1 Å². The van der Waals surface area contributed by atoms with Crippen molar-refractivity contribution in [3.8, 4) is 0 Å². The van der Waals surface area contributed by atoms with Crippen molar-refractivity contribution in [2.75, 3.05) is 6.54 Å². The summed E-state index contributed by atoms with van der Waals surface area (Å²) in [5, 5.41) is 6.02. The molecule has 4 N–H and O–H groups in total. The summed E-state index contributed by atoms with van der Waals surface area (Å²) in [6.07, 6.45) is 8.35. The molecule has 0 aliphatic heterocycles. The van der Waals surface area contributed by atoms with Crippen LogP contribution in [0.2, 0.25) is 0 Å². The molecular formula is C15H29N3O2. The Morgan fingerprint density at radius 3 is 2.15 bits per heavy atom. The Kier molecular flexibility index (Phi) is 7.59. The van der Waals surface area contributed by atoms with Gasteiger partial charge in [0, 0.05) is 6.04 Å². The van der Waals surface area contributed by atoms with Gasteiger partial charge in [0.1, 0.15) is 0 Å². The minimum Gasteiger partial charge on any atom is -0.368 e. The number of carbonyl (C=O) groups is 2. The van der Waals surface area contributed by atoms with E-state index in [1.165, 1.54) is 32.1 Å². The van der Waals surface area contributed by atoms with Gasteiger partial charge >= 0.3 is 0 Å². The molecule has 116 valence electrons. The third-order valence-electron chi connectivity index (χ3n) is 3.93. The van der Waals surface area contributed by atoms with Crippen LogP contribution in [0.25, 0.3) is 0 Å². The molecule has 5 nitrogen and oxygen atoms in total. The molecule has 0 unspecified atom stereocenters. The molecule has 1 saturated carbocycles. The third-order valence-corrected chi connectivity index (χ3v) is 3.93. The molecule has 5 heteroatoms. The fourth-order valence-corrected chi connectivity index (χ4v) is 2.75. The summed E-state index contributed by atoms with van der Waals surface area (Å²) in [6, 6.07) is -0.159. The molecule has 1 aliphatic rings. The minimum atomic E-state index is -0.446. The molecule has 1 atom stereocenters. The van der Waals surface area contributed by atoms with Gasteiger partial charge in [0.2, 0.25) is 11.8 Å². The molecule has 1 aliphatic carbocycles. The van der Waals surface area contributed by atoms with E-state index in [2.05, 4.69) is 10.6 Å². The van der Waals surface area contributed by atoms with E-state index in [9.17, 15) is 9.59 Å². The molecule has 0 heterocycles. The van der Waals surface area contributed by atoms with Crippen LogP contribution in [0.3, 0.4) is 0 Å². The number of primary amides is 1. The van der Waals surface area contributed by atoms with Crippen LogP contribution in [0.1, 0.15) is 58.8 Å². The summed E-state index contributed by atoms with van der Waals surface area (Å²) in [5.41, 5.74) is 5.31. The van der Waals surface area contributed by atoms with Gasteiger partial charge in [0.05, 0.1) is 12.6 Å². The molecule has 0 saturated heterocycles. The SMILES string of the molecule is CC(C)[C@H](NCC(=O)NC1CCCCCCC1)C(N)=O. The number of carbonyl (C=O) groups excluding carboxylic acids is 2. The first-order valence-electron chi connectivity index (χ1n) is 7.82. The molecule has 0 radical (unpaired) electrons. The highest BCUT2D eigenvalue weighted by Crippen LogP contribution is 2.16. The van der Waals surface area contributed by atoms with E-state index in [1.807, 2.05) is 13.8 Å². The molecule has 20 heavy (non-hydrogen) atoms. The average molecular weight is 283 g/mol. The number of hydrogen-bond acceptors (Lipinski definition) is 3. The van der Waals surface area contributed by atoms with E-state index in [0.717, 1.165) is 12.8 Å². The average Bonchev–Trinajstić information content (AvgIpc) is 2.31. The van der Waals surface area contributed by atoms with Gasteiger partial charge in [-0.25, -0.2) is 0 Å². The highest BCUT2D eigenvalue weighted by atomic mass is 16.2. The monoisotopic (exact) mass is 283 g/mol. The third kappa shape index (κ3) is 6.37. The maximum Gasteiger partial charge on any atom is 0.234 e. The summed E-state index contributed by atoms with van der Waals surface area (Å²) < 4.78 is 0. The maximum absolute atomic E-state index is 11.9. The van der Waals surface area contributed by atoms with Crippen molar-refractivity contribution in [3.63, 3.8) is 0 Å². The molecule has 1 rings (SSSR count). The van der Waals surface area contributed by atoms with Gasteiger partial charge in [-0.2, -0.15) is 0 Å². The second-order valence-electron chi connectivity index (χ2n) is 6.11. The van der Waals surface area contributed by atoms with E-state index in [0.29, 0.717) is 0 Å². The van der Waals surface area contributed by atoms with Crippen LogP contribution in [0.4, 0.5) is 0 Å². The Bertz CT molecular complexity index is 310. The standard InChI is InChI=1S/C15H29N3O2/c1-11(2)14(15(16)20)17-10-13(19)18-12-8-6-4-3-5-7-9-12/h11-12,14,17H,3-10H2,1-2H3,(H2,16,20)(H,18,19)/t14-/m0/s1. The lowest BCUT2D eigenvalue weighted by Crippen LogP contribution is -2.49. The zero-order chi connectivity index (χ0) is 15.0. The second-order valence-corrected chi connectivity index (χ2v) is 6.11. The van der Waals surface area contributed by atoms with Crippen LogP contribution in [0.5, 0.6) is 0 Å². The summed E-state index contributed by atoms with van der Waals surface area (Å²) in [6.45, 7) is 3.98. The van der Waals surface area contributed by atoms with Crippen molar-refractivity contribution in [2.45, 2.75) is 70.9 Å². The second kappa shape index (κ2) is 8.95. The first kappa shape index (κ1) is 17.0. The summed E-state index contributed by atoms with van der Waals surface area (Å²) in [7, 11) is 0. The van der Waals surface area contributed by atoms with E-state index >= 15 is 0 Å². The van der Waals surface area contributed by atoms with E-state index in [1.54, 1.807) is 0 Å². The highest BCUT2D eigenvalue weighted by molar-refractivity contribution is 5.82. The molecular weight excluding hydrogens is 254 g/mol. The molecule has 2 amide bonds. The Labute approximate surface area is 122 Å². The quantitative estimate of drug-likeness (QED) is 0.687. The Morgan fingerprint density at radius 2 is 1.65 bits per heavy atom. The lowest BCUT2D eigenvalue weighted by molar-refractivity contribution is -0.122. The van der Waals surface area contributed by atoms with Crippen LogP contribution in [0.15, 0.2) is 0 Å². The fraction of sp³-hybridized carbons (Fsp3) is 0.867. The lowest BCUT2D eigenvalue weighted by Gasteiger charge is -2.23. The first-order valence-corrected chi connectivity index (χ1v) is 7.82. The van der Waals surface area contributed by atoms with Gasteiger partial charge in [0.15, 0.2) is 0 Å². The molecule has 0 aromatic rings. The normalized spacial score (nSPS) is 19.1. The van der Waals surface area contributed by atoms with Crippen molar-refractivity contribution >= 4 is 11.8 Å². The van der Waals surface area contributed by atoms with Crippen molar-refractivity contribution in [1.82, 2.24) is 10.6 Å². The van der Waals surface area contributed by atoms with Gasteiger partial charge in [-0.1, -0.05) is 46.0 Å². The highest BCUT2D eigenvalue weighted by Gasteiger charge is 2.20. The fourth-order valence-electron chi connectivity index (χ4n) is 2.75. The molecule has 0 spiro atoms. The van der Waals surface area contributed by atoms with Crippen LogP contribution in [-0.4, -0.2) is 30.4 Å². The molecule has 0 bridgehead atoms. The zero-order valence-corrected chi connectivity index (χ0v) is 12.8. The van der Waals surface area contributed by atoms with Crippen LogP contribution >= 0.6 is 0 Å². The van der Waals surface area contributed by atoms with Crippen LogP contribution < -0.4 is 16.4 Å². The largest absolute Gasteiger partial charge is 0.368 e. The molecule has 0 aromatic heterocycles. The van der Waals surface area contributed by atoms with Gasteiger partial charge in [-0.3, -0.25) is 14.9 Å². The van der Waals surface area contributed by atoms with Crippen molar-refractivity contribution < 1.29 is 9.59 Å². The Balaban J connectivity index is 2.32. The lowest BCUT2D eigenvalue weighted by atomic mass is 9.97. The number of nitrogens with two attached hydrogens (primary N) is 1. The topological polar surface area (TPSA) is 84.2 Å². The maximum atomic E-state index is 11.9. The van der Waals surface area contributed by atoms with Gasteiger partial charge in [-0.05, 0) is 18.8 Å². The summed E-state index contributed by atoms with van der Waals surface area (Å²) in [4.78, 5) is 23.2. The summed E-state index contributed by atoms with van der Waals surface area (Å²) >= 11 is 0. The van der Waals surface area contributed by atoms with E-state index in [-0.39, 0.29) is 24.4 Å². The van der Waals surface area contributed by atoms with E-state index < -0.39 is 11.9 Å². The number of nitrogens with one attached hydrogen (secondary N) is 2. The van der Waals surface area contributed by atoms with Crippen molar-refractivity contribution in [3.05, 3.63) is 0 Å². The van der Waals surface area contributed by atoms with Crippen LogP contribution in [-0.2, 0) is 9.59 Å².